The molecular weight excluding hydrogens is 419 g/mol. The minimum atomic E-state index is -0.322. The van der Waals surface area contributed by atoms with Crippen LogP contribution in [0, 0.1) is 5.82 Å². The third-order valence-corrected chi connectivity index (χ3v) is 6.85. The molecule has 1 fully saturated rings. The first-order chi connectivity index (χ1) is 15.0. The van der Waals surface area contributed by atoms with Crippen molar-refractivity contribution >= 4 is 23.2 Å². The summed E-state index contributed by atoms with van der Waals surface area (Å²) in [6.45, 7) is 3.52. The van der Waals surface area contributed by atoms with E-state index in [1.165, 1.54) is 23.9 Å². The van der Waals surface area contributed by atoms with E-state index in [-0.39, 0.29) is 42.9 Å². The lowest BCUT2D eigenvalue weighted by Gasteiger charge is -2.37. The molecule has 1 saturated heterocycles. The molecule has 2 aliphatic heterocycles. The summed E-state index contributed by atoms with van der Waals surface area (Å²) in [5, 5.41) is 2.03. The van der Waals surface area contributed by atoms with Gasteiger partial charge in [0.05, 0.1) is 18.7 Å². The van der Waals surface area contributed by atoms with Gasteiger partial charge in [-0.3, -0.25) is 9.59 Å². The molecule has 2 aromatic rings. The molecule has 0 aliphatic carbocycles. The topological polar surface area (TPSA) is 59.1 Å². The Kier molecular flexibility index (Phi) is 6.87. The van der Waals surface area contributed by atoms with Gasteiger partial charge < -0.3 is 19.3 Å². The maximum Gasteiger partial charge on any atom is 0.242 e. The van der Waals surface area contributed by atoms with Gasteiger partial charge >= 0.3 is 0 Å². The Morgan fingerprint density at radius 2 is 2.10 bits per heavy atom. The number of hydrogen-bond donors (Lipinski definition) is 0. The SMILES string of the molecule is CC(=O)N(CC(=O)N1CCc2sccc2[C@@H]1COc1ccc(F)cc1)C[C@H]1CCCO1. The van der Waals surface area contributed by atoms with Crippen LogP contribution in [0.15, 0.2) is 35.7 Å². The Morgan fingerprint density at radius 3 is 2.81 bits per heavy atom. The maximum absolute atomic E-state index is 13.3. The Morgan fingerprint density at radius 1 is 1.29 bits per heavy atom. The minimum absolute atomic E-state index is 0.000798. The molecule has 6 nitrogen and oxygen atoms in total. The van der Waals surface area contributed by atoms with Crippen LogP contribution in [-0.2, 0) is 20.7 Å². The van der Waals surface area contributed by atoms with E-state index in [0.29, 0.717) is 25.4 Å². The number of carbonyl (C=O) groups is 2. The van der Waals surface area contributed by atoms with E-state index in [0.717, 1.165) is 24.8 Å². The normalized spacial score (nSPS) is 20.4. The molecule has 1 aromatic heterocycles. The van der Waals surface area contributed by atoms with Gasteiger partial charge in [0.15, 0.2) is 0 Å². The fourth-order valence-corrected chi connectivity index (χ4v) is 5.10. The van der Waals surface area contributed by atoms with Gasteiger partial charge in [0.25, 0.3) is 0 Å². The van der Waals surface area contributed by atoms with Crippen LogP contribution in [0.4, 0.5) is 4.39 Å². The molecule has 0 bridgehead atoms. The number of amides is 2. The average molecular weight is 447 g/mol. The molecular formula is C23H27FN2O4S. The van der Waals surface area contributed by atoms with Crippen molar-refractivity contribution in [1.29, 1.82) is 0 Å². The van der Waals surface area contributed by atoms with E-state index < -0.39 is 0 Å². The zero-order chi connectivity index (χ0) is 21.8. The van der Waals surface area contributed by atoms with Crippen molar-refractivity contribution in [2.24, 2.45) is 0 Å². The number of halogens is 1. The lowest BCUT2D eigenvalue weighted by atomic mass is 10.0. The van der Waals surface area contributed by atoms with Crippen LogP contribution in [0.3, 0.4) is 0 Å². The highest BCUT2D eigenvalue weighted by atomic mass is 32.1. The van der Waals surface area contributed by atoms with Crippen LogP contribution >= 0.6 is 11.3 Å². The molecule has 0 spiro atoms. The number of fused-ring (bicyclic) bond motifs is 1. The highest BCUT2D eigenvalue weighted by Crippen LogP contribution is 2.34. The van der Waals surface area contributed by atoms with Crippen LogP contribution in [-0.4, -0.2) is 60.6 Å². The summed E-state index contributed by atoms with van der Waals surface area (Å²) >= 11 is 1.68. The lowest BCUT2D eigenvalue weighted by Crippen LogP contribution is -2.48. The zero-order valence-corrected chi connectivity index (χ0v) is 18.4. The van der Waals surface area contributed by atoms with Gasteiger partial charge in [-0.2, -0.15) is 0 Å². The monoisotopic (exact) mass is 446 g/mol. The Hall–Kier alpha value is -2.45. The molecule has 0 saturated carbocycles. The quantitative estimate of drug-likeness (QED) is 0.654. The Bertz CT molecular complexity index is 911. The number of hydrogen-bond acceptors (Lipinski definition) is 5. The molecule has 3 heterocycles. The van der Waals surface area contributed by atoms with Crippen LogP contribution in [0.2, 0.25) is 0 Å². The molecule has 4 rings (SSSR count). The van der Waals surface area contributed by atoms with E-state index in [4.69, 9.17) is 9.47 Å². The Balaban J connectivity index is 1.46. The number of nitrogens with zero attached hydrogens (tertiary/aromatic N) is 2. The van der Waals surface area contributed by atoms with Gasteiger partial charge in [-0.15, -0.1) is 11.3 Å². The van der Waals surface area contributed by atoms with E-state index in [9.17, 15) is 14.0 Å². The standard InChI is InChI=1S/C23H27FN2O4S/c1-16(27)25(13-19-3-2-11-29-19)14-23(28)26-10-8-22-20(9-12-31-22)21(26)15-30-18-6-4-17(24)5-7-18/h4-7,9,12,19,21H,2-3,8,10-11,13-15H2,1H3/t19-,21+/m1/s1. The van der Waals surface area contributed by atoms with Gasteiger partial charge in [-0.05, 0) is 60.5 Å². The van der Waals surface area contributed by atoms with Crippen molar-refractivity contribution in [1.82, 2.24) is 9.80 Å². The predicted octanol–water partition coefficient (Wildman–Crippen LogP) is 3.42. The molecule has 166 valence electrons. The molecule has 8 heteroatoms. The number of carbonyl (C=O) groups excluding carboxylic acids is 2. The second-order valence-electron chi connectivity index (χ2n) is 7.95. The fraction of sp³-hybridized carbons (Fsp3) is 0.478. The van der Waals surface area contributed by atoms with Crippen molar-refractivity contribution in [3.05, 3.63) is 52.0 Å². The third-order valence-electron chi connectivity index (χ3n) is 5.86. The van der Waals surface area contributed by atoms with Gasteiger partial charge in [0.1, 0.15) is 18.2 Å². The molecule has 1 aromatic carbocycles. The van der Waals surface area contributed by atoms with Gasteiger partial charge in [0.2, 0.25) is 11.8 Å². The number of benzene rings is 1. The highest BCUT2D eigenvalue weighted by molar-refractivity contribution is 7.10. The van der Waals surface area contributed by atoms with Crippen molar-refractivity contribution in [2.75, 3.05) is 32.8 Å². The first kappa shape index (κ1) is 21.8. The summed E-state index contributed by atoms with van der Waals surface area (Å²) in [7, 11) is 0. The van der Waals surface area contributed by atoms with Crippen molar-refractivity contribution in [2.45, 2.75) is 38.3 Å². The van der Waals surface area contributed by atoms with Crippen LogP contribution in [0.5, 0.6) is 5.75 Å². The smallest absolute Gasteiger partial charge is 0.242 e. The van der Waals surface area contributed by atoms with E-state index in [1.54, 1.807) is 28.4 Å². The van der Waals surface area contributed by atoms with E-state index >= 15 is 0 Å². The minimum Gasteiger partial charge on any atom is -0.491 e. The first-order valence-corrected chi connectivity index (χ1v) is 11.5. The first-order valence-electron chi connectivity index (χ1n) is 10.6. The second-order valence-corrected chi connectivity index (χ2v) is 8.95. The van der Waals surface area contributed by atoms with Crippen molar-refractivity contribution in [3.63, 3.8) is 0 Å². The summed E-state index contributed by atoms with van der Waals surface area (Å²) in [6.07, 6.45) is 2.69. The molecule has 31 heavy (non-hydrogen) atoms. The summed E-state index contributed by atoms with van der Waals surface area (Å²) < 4.78 is 24.7. The molecule has 0 unspecified atom stereocenters. The maximum atomic E-state index is 13.3. The van der Waals surface area contributed by atoms with Crippen molar-refractivity contribution in [3.8, 4) is 5.75 Å². The van der Waals surface area contributed by atoms with Crippen LogP contribution in [0.1, 0.15) is 36.2 Å². The number of ether oxygens (including phenoxy) is 2. The summed E-state index contributed by atoms with van der Waals surface area (Å²) in [4.78, 5) is 30.1. The van der Waals surface area contributed by atoms with E-state index in [1.807, 2.05) is 16.3 Å². The van der Waals surface area contributed by atoms with E-state index in [2.05, 4.69) is 0 Å². The number of rotatable bonds is 7. The molecule has 2 atom stereocenters. The molecule has 2 aliphatic rings. The van der Waals surface area contributed by atoms with Crippen LogP contribution in [0.25, 0.3) is 0 Å². The molecule has 0 radical (unpaired) electrons. The average Bonchev–Trinajstić information content (AvgIpc) is 3.44. The Labute approximate surface area is 185 Å². The lowest BCUT2D eigenvalue weighted by molar-refractivity contribution is -0.142. The summed E-state index contributed by atoms with van der Waals surface area (Å²) in [6, 6.07) is 7.66. The number of thiophene rings is 1. The van der Waals surface area contributed by atoms with Crippen molar-refractivity contribution < 1.29 is 23.5 Å². The van der Waals surface area contributed by atoms with Crippen LogP contribution < -0.4 is 4.74 Å². The second kappa shape index (κ2) is 9.78. The third kappa shape index (κ3) is 5.25. The molecule has 0 N–H and O–H groups in total. The van der Waals surface area contributed by atoms with Gasteiger partial charge in [-0.25, -0.2) is 4.39 Å². The summed E-state index contributed by atoms with van der Waals surface area (Å²) in [5.41, 5.74) is 1.08. The van der Waals surface area contributed by atoms with Gasteiger partial charge in [-0.1, -0.05) is 0 Å². The fourth-order valence-electron chi connectivity index (χ4n) is 4.17. The predicted molar refractivity (Wildman–Crippen MR) is 116 cm³/mol. The highest BCUT2D eigenvalue weighted by Gasteiger charge is 2.33. The van der Waals surface area contributed by atoms with Gasteiger partial charge in [0, 0.05) is 31.5 Å². The largest absolute Gasteiger partial charge is 0.491 e. The zero-order valence-electron chi connectivity index (χ0n) is 17.6. The summed E-state index contributed by atoms with van der Waals surface area (Å²) in [5.74, 6) is 0.00588. The molecule has 2 amide bonds.